The molecule has 148 valence electrons. The van der Waals surface area contributed by atoms with Crippen LogP contribution in [0.3, 0.4) is 0 Å². The maximum absolute atomic E-state index is 12.9. The van der Waals surface area contributed by atoms with Crippen molar-refractivity contribution in [3.8, 4) is 5.69 Å². The molecule has 4 rings (SSSR count). The Labute approximate surface area is 164 Å². The number of hydrogen-bond acceptors (Lipinski definition) is 5. The quantitative estimate of drug-likeness (QED) is 0.725. The van der Waals surface area contributed by atoms with Crippen molar-refractivity contribution in [1.82, 2.24) is 24.6 Å². The van der Waals surface area contributed by atoms with Crippen molar-refractivity contribution in [2.45, 2.75) is 51.2 Å². The molecule has 0 saturated carbocycles. The number of nitrogens with one attached hydrogen (secondary N) is 1. The smallest absolute Gasteiger partial charge is 0.264 e. The van der Waals surface area contributed by atoms with Gasteiger partial charge in [-0.25, -0.2) is 9.67 Å². The molecule has 0 bridgehead atoms. The van der Waals surface area contributed by atoms with E-state index in [1.807, 2.05) is 12.1 Å². The van der Waals surface area contributed by atoms with Crippen molar-refractivity contribution in [2.75, 3.05) is 13.1 Å². The van der Waals surface area contributed by atoms with Crippen molar-refractivity contribution in [3.63, 3.8) is 0 Å². The highest BCUT2D eigenvalue weighted by Crippen LogP contribution is 2.24. The molecule has 0 amide bonds. The molecule has 7 heteroatoms. The lowest BCUT2D eigenvalue weighted by Crippen LogP contribution is -2.46. The molecular weight excluding hydrogens is 354 g/mol. The van der Waals surface area contributed by atoms with E-state index >= 15 is 0 Å². The monoisotopic (exact) mass is 381 g/mol. The Hall–Kier alpha value is -2.51. The number of fused-ring (bicyclic) bond motifs is 1. The number of piperidine rings is 1. The lowest BCUT2D eigenvalue weighted by molar-refractivity contribution is -0.00627. The van der Waals surface area contributed by atoms with E-state index in [1.165, 1.54) is 16.5 Å². The number of aromatic nitrogens is 4. The fraction of sp³-hybridized carbons (Fsp3) is 0.476. The fourth-order valence-electron chi connectivity index (χ4n) is 3.72. The molecule has 1 aliphatic heterocycles. The van der Waals surface area contributed by atoms with Crippen LogP contribution in [0.25, 0.3) is 16.7 Å². The van der Waals surface area contributed by atoms with Gasteiger partial charge in [-0.3, -0.25) is 9.36 Å². The molecule has 28 heavy (non-hydrogen) atoms. The molecule has 2 N–H and O–H groups in total. The summed E-state index contributed by atoms with van der Waals surface area (Å²) in [5, 5.41) is 18.8. The molecule has 0 spiro atoms. The second kappa shape index (κ2) is 6.83. The summed E-state index contributed by atoms with van der Waals surface area (Å²) < 4.78 is 3.19. The molecule has 3 aromatic rings. The lowest BCUT2D eigenvalue weighted by atomic mass is 9.87. The minimum absolute atomic E-state index is 0.0750. The summed E-state index contributed by atoms with van der Waals surface area (Å²) in [5.41, 5.74) is 1.66. The van der Waals surface area contributed by atoms with Crippen LogP contribution >= 0.6 is 0 Å². The Morgan fingerprint density at radius 2 is 1.86 bits per heavy atom. The molecule has 1 aromatic carbocycles. The van der Waals surface area contributed by atoms with E-state index in [1.54, 1.807) is 10.9 Å². The summed E-state index contributed by atoms with van der Waals surface area (Å²) in [7, 11) is 0. The van der Waals surface area contributed by atoms with Crippen molar-refractivity contribution < 1.29 is 5.11 Å². The van der Waals surface area contributed by atoms with E-state index in [0.29, 0.717) is 23.9 Å². The topological polar surface area (TPSA) is 85.0 Å². The average Bonchev–Trinajstić information content (AvgIpc) is 3.09. The van der Waals surface area contributed by atoms with E-state index in [9.17, 15) is 9.90 Å². The van der Waals surface area contributed by atoms with Gasteiger partial charge in [0.2, 0.25) is 0 Å². The summed E-state index contributed by atoms with van der Waals surface area (Å²) in [6.45, 7) is 8.28. The van der Waals surface area contributed by atoms with E-state index in [0.717, 1.165) is 18.8 Å². The molecule has 0 unspecified atom stereocenters. The third kappa shape index (κ3) is 3.47. The van der Waals surface area contributed by atoms with Crippen molar-refractivity contribution >= 4 is 11.0 Å². The molecule has 1 saturated heterocycles. The normalized spacial score (nSPS) is 17.1. The second-order valence-corrected chi connectivity index (χ2v) is 8.74. The molecule has 0 radical (unpaired) electrons. The Kier molecular flexibility index (Phi) is 4.59. The van der Waals surface area contributed by atoms with Crippen LogP contribution in [0.5, 0.6) is 0 Å². The first-order valence-electron chi connectivity index (χ1n) is 9.74. The minimum Gasteiger partial charge on any atom is -0.388 e. The van der Waals surface area contributed by atoms with E-state index in [-0.39, 0.29) is 17.5 Å². The SMILES string of the molecule is CC(C)(C)c1ccc(-n2ncc3c(=O)n(CC4(O)CCNCC4)cnc32)cc1. The van der Waals surface area contributed by atoms with Crippen LogP contribution < -0.4 is 10.9 Å². The average molecular weight is 381 g/mol. The van der Waals surface area contributed by atoms with E-state index < -0.39 is 5.60 Å². The first-order valence-corrected chi connectivity index (χ1v) is 9.74. The third-order valence-electron chi connectivity index (χ3n) is 5.53. The molecule has 7 nitrogen and oxygen atoms in total. The van der Waals surface area contributed by atoms with Crippen LogP contribution in [0.4, 0.5) is 0 Å². The number of aliphatic hydroxyl groups is 1. The van der Waals surface area contributed by atoms with Gasteiger partial charge < -0.3 is 10.4 Å². The number of rotatable bonds is 3. The van der Waals surface area contributed by atoms with Gasteiger partial charge in [0.25, 0.3) is 5.56 Å². The molecule has 0 atom stereocenters. The zero-order valence-electron chi connectivity index (χ0n) is 16.6. The van der Waals surface area contributed by atoms with Crippen LogP contribution in [-0.4, -0.2) is 43.1 Å². The molecule has 1 aliphatic rings. The first-order chi connectivity index (χ1) is 13.3. The summed E-state index contributed by atoms with van der Waals surface area (Å²) in [6.07, 6.45) is 4.32. The van der Waals surface area contributed by atoms with Crippen LogP contribution in [0, 0.1) is 0 Å². The Balaban J connectivity index is 1.68. The van der Waals surface area contributed by atoms with Gasteiger partial charge in [-0.05, 0) is 49.0 Å². The minimum atomic E-state index is -0.872. The highest BCUT2D eigenvalue weighted by atomic mass is 16.3. The van der Waals surface area contributed by atoms with Gasteiger partial charge in [-0.1, -0.05) is 32.9 Å². The third-order valence-corrected chi connectivity index (χ3v) is 5.53. The number of hydrogen-bond donors (Lipinski definition) is 2. The summed E-state index contributed by atoms with van der Waals surface area (Å²) >= 11 is 0. The van der Waals surface area contributed by atoms with Crippen molar-refractivity contribution in [1.29, 1.82) is 0 Å². The molecule has 0 aliphatic carbocycles. The second-order valence-electron chi connectivity index (χ2n) is 8.74. The zero-order valence-corrected chi connectivity index (χ0v) is 16.6. The Morgan fingerprint density at radius 1 is 1.18 bits per heavy atom. The predicted molar refractivity (Wildman–Crippen MR) is 109 cm³/mol. The number of nitrogens with zero attached hydrogens (tertiary/aromatic N) is 4. The van der Waals surface area contributed by atoms with Crippen molar-refractivity contribution in [2.24, 2.45) is 0 Å². The highest BCUT2D eigenvalue weighted by molar-refractivity contribution is 5.74. The number of benzene rings is 1. The Bertz CT molecular complexity index is 1040. The van der Waals surface area contributed by atoms with E-state index in [4.69, 9.17) is 0 Å². The Morgan fingerprint density at radius 3 is 2.50 bits per heavy atom. The molecule has 3 heterocycles. The van der Waals surface area contributed by atoms with Crippen LogP contribution in [0.15, 0.2) is 41.6 Å². The largest absolute Gasteiger partial charge is 0.388 e. The van der Waals surface area contributed by atoms with Crippen LogP contribution in [0.2, 0.25) is 0 Å². The highest BCUT2D eigenvalue weighted by Gasteiger charge is 2.30. The standard InChI is InChI=1S/C21H27N5O2/c1-20(2,3)15-4-6-16(7-5-15)26-18-17(12-24-26)19(27)25(14-23-18)13-21(28)8-10-22-11-9-21/h4-7,12,14,22,28H,8-11,13H2,1-3H3. The van der Waals surface area contributed by atoms with Crippen molar-refractivity contribution in [3.05, 3.63) is 52.7 Å². The lowest BCUT2D eigenvalue weighted by Gasteiger charge is -2.32. The van der Waals surface area contributed by atoms with Gasteiger partial charge in [0, 0.05) is 0 Å². The fourth-order valence-corrected chi connectivity index (χ4v) is 3.72. The molecule has 2 aromatic heterocycles. The van der Waals surface area contributed by atoms with Crippen LogP contribution in [0.1, 0.15) is 39.2 Å². The van der Waals surface area contributed by atoms with Crippen LogP contribution in [-0.2, 0) is 12.0 Å². The van der Waals surface area contributed by atoms with Gasteiger partial charge >= 0.3 is 0 Å². The van der Waals surface area contributed by atoms with Gasteiger partial charge in [-0.15, -0.1) is 0 Å². The summed E-state index contributed by atoms with van der Waals surface area (Å²) in [4.78, 5) is 17.4. The summed E-state index contributed by atoms with van der Waals surface area (Å²) in [6, 6.07) is 8.16. The predicted octanol–water partition coefficient (Wildman–Crippen LogP) is 1.99. The maximum atomic E-state index is 12.9. The zero-order chi connectivity index (χ0) is 19.9. The maximum Gasteiger partial charge on any atom is 0.264 e. The molecule has 1 fully saturated rings. The van der Waals surface area contributed by atoms with Gasteiger partial charge in [0.15, 0.2) is 5.65 Å². The first kappa shape index (κ1) is 18.8. The molecular formula is C21H27N5O2. The van der Waals surface area contributed by atoms with Gasteiger partial charge in [0.05, 0.1) is 24.0 Å². The van der Waals surface area contributed by atoms with Gasteiger partial charge in [0.1, 0.15) is 11.7 Å². The summed E-state index contributed by atoms with van der Waals surface area (Å²) in [5.74, 6) is 0. The van der Waals surface area contributed by atoms with Gasteiger partial charge in [-0.2, -0.15) is 5.10 Å². The van der Waals surface area contributed by atoms with E-state index in [2.05, 4.69) is 48.3 Å².